The average molecular weight is 357 g/mol. The molecule has 2 heterocycles. The Morgan fingerprint density at radius 1 is 1.35 bits per heavy atom. The SMILES string of the molecule is COc1ccc(CCN2C[C@@H](C(=O)NCc3ccon3)CCC2=O)cc1. The zero-order chi connectivity index (χ0) is 18.4. The van der Waals surface area contributed by atoms with Crippen LogP contribution in [0.1, 0.15) is 24.1 Å². The van der Waals surface area contributed by atoms with Crippen LogP contribution in [0, 0.1) is 5.92 Å². The van der Waals surface area contributed by atoms with Crippen LogP contribution in [0.5, 0.6) is 5.75 Å². The van der Waals surface area contributed by atoms with Crippen molar-refractivity contribution >= 4 is 11.8 Å². The van der Waals surface area contributed by atoms with Crippen LogP contribution >= 0.6 is 0 Å². The maximum atomic E-state index is 12.4. The van der Waals surface area contributed by atoms with Gasteiger partial charge in [0.25, 0.3) is 0 Å². The Morgan fingerprint density at radius 3 is 2.85 bits per heavy atom. The number of carbonyl (C=O) groups excluding carboxylic acids is 2. The number of nitrogens with zero attached hydrogens (tertiary/aromatic N) is 2. The molecule has 1 saturated heterocycles. The summed E-state index contributed by atoms with van der Waals surface area (Å²) in [6.45, 7) is 1.41. The predicted molar refractivity (Wildman–Crippen MR) is 94.4 cm³/mol. The van der Waals surface area contributed by atoms with Crippen LogP contribution < -0.4 is 10.1 Å². The molecule has 26 heavy (non-hydrogen) atoms. The van der Waals surface area contributed by atoms with Crippen molar-refractivity contribution in [2.75, 3.05) is 20.2 Å². The molecule has 138 valence electrons. The van der Waals surface area contributed by atoms with E-state index >= 15 is 0 Å². The van der Waals surface area contributed by atoms with Crippen LogP contribution in [0.4, 0.5) is 0 Å². The minimum absolute atomic E-state index is 0.0463. The number of amides is 2. The molecular formula is C19H23N3O4. The Hall–Kier alpha value is -2.83. The molecule has 1 atom stereocenters. The molecule has 0 saturated carbocycles. The third-order valence-corrected chi connectivity index (χ3v) is 4.64. The van der Waals surface area contributed by atoms with Gasteiger partial charge in [-0.1, -0.05) is 17.3 Å². The lowest BCUT2D eigenvalue weighted by atomic mass is 9.96. The fourth-order valence-electron chi connectivity index (χ4n) is 3.05. The lowest BCUT2D eigenvalue weighted by Gasteiger charge is -2.32. The fraction of sp³-hybridized carbons (Fsp3) is 0.421. The number of methoxy groups -OCH3 is 1. The minimum Gasteiger partial charge on any atom is -0.497 e. The first-order chi connectivity index (χ1) is 12.7. The van der Waals surface area contributed by atoms with Gasteiger partial charge in [0.1, 0.15) is 17.7 Å². The van der Waals surface area contributed by atoms with Crippen LogP contribution in [0.25, 0.3) is 0 Å². The minimum atomic E-state index is -0.185. The molecule has 2 amide bonds. The monoisotopic (exact) mass is 357 g/mol. The number of likely N-dealkylation sites (tertiary alicyclic amines) is 1. The van der Waals surface area contributed by atoms with E-state index in [1.807, 2.05) is 24.3 Å². The van der Waals surface area contributed by atoms with E-state index in [1.54, 1.807) is 18.1 Å². The summed E-state index contributed by atoms with van der Waals surface area (Å²) in [6.07, 6.45) is 3.22. The summed E-state index contributed by atoms with van der Waals surface area (Å²) in [7, 11) is 1.63. The molecule has 0 aliphatic carbocycles. The number of carbonyl (C=O) groups is 2. The molecule has 1 aromatic carbocycles. The normalized spacial score (nSPS) is 17.2. The van der Waals surface area contributed by atoms with Crippen molar-refractivity contribution in [2.45, 2.75) is 25.8 Å². The second-order valence-electron chi connectivity index (χ2n) is 6.38. The van der Waals surface area contributed by atoms with Crippen LogP contribution in [0.15, 0.2) is 41.1 Å². The zero-order valence-electron chi connectivity index (χ0n) is 14.8. The number of rotatable bonds is 7. The van der Waals surface area contributed by atoms with Crippen molar-refractivity contribution in [1.29, 1.82) is 0 Å². The maximum absolute atomic E-state index is 12.4. The third kappa shape index (κ3) is 4.62. The number of benzene rings is 1. The molecule has 1 fully saturated rings. The first-order valence-corrected chi connectivity index (χ1v) is 8.73. The lowest BCUT2D eigenvalue weighted by molar-refractivity contribution is -0.138. The van der Waals surface area contributed by atoms with Gasteiger partial charge < -0.3 is 19.5 Å². The van der Waals surface area contributed by atoms with E-state index < -0.39 is 0 Å². The lowest BCUT2D eigenvalue weighted by Crippen LogP contribution is -2.46. The van der Waals surface area contributed by atoms with Crippen LogP contribution in [0.2, 0.25) is 0 Å². The first kappa shape index (κ1) is 18.0. The van der Waals surface area contributed by atoms with E-state index in [0.29, 0.717) is 38.2 Å². The standard InChI is InChI=1S/C19H23N3O4/c1-25-17-5-2-14(3-6-17)8-10-22-13-15(4-7-18(22)23)19(24)20-12-16-9-11-26-21-16/h2-3,5-6,9,11,15H,4,7-8,10,12-13H2,1H3,(H,20,24)/t15-/m0/s1. The molecule has 2 aromatic rings. The number of hydrogen-bond acceptors (Lipinski definition) is 5. The van der Waals surface area contributed by atoms with Crippen molar-refractivity contribution in [2.24, 2.45) is 5.92 Å². The number of hydrogen-bond donors (Lipinski definition) is 1. The molecule has 0 spiro atoms. The summed E-state index contributed by atoms with van der Waals surface area (Å²) in [6, 6.07) is 9.53. The number of ether oxygens (including phenoxy) is 1. The van der Waals surface area contributed by atoms with E-state index in [1.165, 1.54) is 6.26 Å². The van der Waals surface area contributed by atoms with Crippen LogP contribution in [-0.4, -0.2) is 42.1 Å². The van der Waals surface area contributed by atoms with Crippen LogP contribution in [-0.2, 0) is 22.6 Å². The zero-order valence-corrected chi connectivity index (χ0v) is 14.8. The summed E-state index contributed by atoms with van der Waals surface area (Å²) in [5.41, 5.74) is 1.82. The molecule has 1 N–H and O–H groups in total. The van der Waals surface area contributed by atoms with Gasteiger partial charge in [0.15, 0.2) is 0 Å². The van der Waals surface area contributed by atoms with Gasteiger partial charge in [0, 0.05) is 25.6 Å². The van der Waals surface area contributed by atoms with Gasteiger partial charge in [0.05, 0.1) is 19.6 Å². The van der Waals surface area contributed by atoms with Gasteiger partial charge in [-0.05, 0) is 30.5 Å². The van der Waals surface area contributed by atoms with Gasteiger partial charge >= 0.3 is 0 Å². The molecule has 1 aromatic heterocycles. The Morgan fingerprint density at radius 2 is 2.15 bits per heavy atom. The van der Waals surface area contributed by atoms with Crippen LogP contribution in [0.3, 0.4) is 0 Å². The van der Waals surface area contributed by atoms with Gasteiger partial charge in [-0.25, -0.2) is 0 Å². The average Bonchev–Trinajstić information content (AvgIpc) is 3.19. The third-order valence-electron chi connectivity index (χ3n) is 4.64. The molecule has 7 heteroatoms. The highest BCUT2D eigenvalue weighted by molar-refractivity contribution is 5.83. The first-order valence-electron chi connectivity index (χ1n) is 8.73. The maximum Gasteiger partial charge on any atom is 0.225 e. The number of nitrogens with one attached hydrogen (secondary N) is 1. The smallest absolute Gasteiger partial charge is 0.225 e. The van der Waals surface area contributed by atoms with Crippen molar-refractivity contribution < 1.29 is 18.8 Å². The molecule has 0 radical (unpaired) electrons. The molecule has 0 bridgehead atoms. The highest BCUT2D eigenvalue weighted by Gasteiger charge is 2.29. The summed E-state index contributed by atoms with van der Waals surface area (Å²) in [4.78, 5) is 26.3. The largest absolute Gasteiger partial charge is 0.497 e. The second kappa shape index (κ2) is 8.51. The van der Waals surface area contributed by atoms with Crippen molar-refractivity contribution in [3.63, 3.8) is 0 Å². The highest BCUT2D eigenvalue weighted by atomic mass is 16.5. The van der Waals surface area contributed by atoms with Crippen molar-refractivity contribution in [3.05, 3.63) is 47.9 Å². The van der Waals surface area contributed by atoms with Gasteiger partial charge in [0.2, 0.25) is 11.8 Å². The van der Waals surface area contributed by atoms with Crippen molar-refractivity contribution in [3.8, 4) is 5.75 Å². The van der Waals surface area contributed by atoms with Gasteiger partial charge in [-0.15, -0.1) is 0 Å². The van der Waals surface area contributed by atoms with E-state index in [0.717, 1.165) is 17.7 Å². The molecule has 0 unspecified atom stereocenters. The molecule has 1 aliphatic heterocycles. The number of piperidine rings is 1. The van der Waals surface area contributed by atoms with Crippen molar-refractivity contribution in [1.82, 2.24) is 15.4 Å². The molecule has 3 rings (SSSR count). The Balaban J connectivity index is 1.50. The summed E-state index contributed by atoms with van der Waals surface area (Å²) < 4.78 is 9.90. The van der Waals surface area contributed by atoms with E-state index in [2.05, 4.69) is 10.5 Å². The Labute approximate surface area is 152 Å². The van der Waals surface area contributed by atoms with E-state index in [9.17, 15) is 9.59 Å². The van der Waals surface area contributed by atoms with E-state index in [4.69, 9.17) is 9.26 Å². The second-order valence-corrected chi connectivity index (χ2v) is 6.38. The highest BCUT2D eigenvalue weighted by Crippen LogP contribution is 2.19. The topological polar surface area (TPSA) is 84.7 Å². The molecular weight excluding hydrogens is 334 g/mol. The molecule has 7 nitrogen and oxygen atoms in total. The summed E-state index contributed by atoms with van der Waals surface area (Å²) in [5.74, 6) is 0.691. The quantitative estimate of drug-likeness (QED) is 0.816. The fourth-order valence-corrected chi connectivity index (χ4v) is 3.05. The Kier molecular flexibility index (Phi) is 5.88. The number of aromatic nitrogens is 1. The summed E-state index contributed by atoms with van der Waals surface area (Å²) in [5, 5.41) is 6.64. The van der Waals surface area contributed by atoms with Gasteiger partial charge in [-0.2, -0.15) is 0 Å². The predicted octanol–water partition coefficient (Wildman–Crippen LogP) is 1.78. The van der Waals surface area contributed by atoms with E-state index in [-0.39, 0.29) is 17.7 Å². The summed E-state index contributed by atoms with van der Waals surface area (Å²) >= 11 is 0. The Bertz CT molecular complexity index is 728. The van der Waals surface area contributed by atoms with Gasteiger partial charge in [-0.3, -0.25) is 9.59 Å². The molecule has 1 aliphatic rings.